The molecule has 1 aromatic heterocycles. The molecule has 6 nitrogen and oxygen atoms in total. The number of carbonyl (C=O) groups excluding carboxylic acids is 1. The molecular formula is C33H35ClN2O4S. The first-order valence-corrected chi connectivity index (χ1v) is 15.1. The number of nitrogens with zero attached hydrogens (tertiary/aromatic N) is 2. The van der Waals surface area contributed by atoms with E-state index in [1.807, 2.05) is 79.7 Å². The van der Waals surface area contributed by atoms with Crippen LogP contribution >= 0.6 is 23.4 Å². The molecule has 214 valence electrons. The van der Waals surface area contributed by atoms with Gasteiger partial charge in [-0.1, -0.05) is 61.0 Å². The Balaban J connectivity index is 1.52. The van der Waals surface area contributed by atoms with Crippen LogP contribution in [0.15, 0.2) is 78.9 Å². The molecule has 0 fully saturated rings. The summed E-state index contributed by atoms with van der Waals surface area (Å²) in [5, 5.41) is 11.3. The molecule has 0 bridgehead atoms. The fourth-order valence-corrected chi connectivity index (χ4v) is 6.22. The van der Waals surface area contributed by atoms with Crippen LogP contribution in [0.3, 0.4) is 0 Å². The van der Waals surface area contributed by atoms with E-state index in [4.69, 9.17) is 16.3 Å². The molecule has 0 aliphatic heterocycles. The molecule has 3 aromatic carbocycles. The number of ether oxygens (including phenoxy) is 1. The molecule has 0 saturated carbocycles. The van der Waals surface area contributed by atoms with Crippen LogP contribution in [-0.4, -0.2) is 46.7 Å². The lowest BCUT2D eigenvalue weighted by atomic mass is 9.98. The smallest absolute Gasteiger partial charge is 0.307 e. The van der Waals surface area contributed by atoms with Crippen LogP contribution in [0.25, 0.3) is 10.9 Å². The summed E-state index contributed by atoms with van der Waals surface area (Å²) in [4.78, 5) is 30.8. The normalized spacial score (nSPS) is 12.6. The molecule has 0 spiro atoms. The Morgan fingerprint density at radius 1 is 1.02 bits per heavy atom. The van der Waals surface area contributed by atoms with E-state index in [0.29, 0.717) is 35.8 Å². The Morgan fingerprint density at radius 2 is 1.80 bits per heavy atom. The second-order valence-corrected chi connectivity index (χ2v) is 11.8. The summed E-state index contributed by atoms with van der Waals surface area (Å²) in [7, 11) is 3.51. The number of thioether (sulfide) groups is 1. The number of hydrogen-bond acceptors (Lipinski definition) is 5. The Kier molecular flexibility index (Phi) is 10.7. The highest BCUT2D eigenvalue weighted by atomic mass is 35.5. The third-order valence-corrected chi connectivity index (χ3v) is 8.74. The molecule has 2 unspecified atom stereocenters. The lowest BCUT2D eigenvalue weighted by molar-refractivity contribution is -0.140. The number of carboxylic acid groups (broad SMARTS) is 1. The van der Waals surface area contributed by atoms with Crippen LogP contribution in [0.4, 0.5) is 0 Å². The van der Waals surface area contributed by atoms with Gasteiger partial charge in [0, 0.05) is 41.1 Å². The number of pyridine rings is 1. The van der Waals surface area contributed by atoms with Gasteiger partial charge in [-0.3, -0.25) is 9.59 Å². The minimum absolute atomic E-state index is 0.0235. The minimum Gasteiger partial charge on any atom is -0.487 e. The van der Waals surface area contributed by atoms with Crippen LogP contribution in [0.5, 0.6) is 5.75 Å². The molecule has 4 rings (SSSR count). The number of aromatic nitrogens is 1. The number of hydrogen-bond donors (Lipinski definition) is 1. The summed E-state index contributed by atoms with van der Waals surface area (Å²) in [5.74, 6) is -0.00104. The molecule has 4 aromatic rings. The van der Waals surface area contributed by atoms with E-state index in [0.717, 1.165) is 39.9 Å². The molecule has 0 saturated heterocycles. The van der Waals surface area contributed by atoms with Crippen molar-refractivity contribution in [3.8, 4) is 5.75 Å². The molecule has 2 atom stereocenters. The number of halogens is 1. The fraction of sp³-hybridized carbons (Fsp3) is 0.303. The fourth-order valence-electron chi connectivity index (χ4n) is 4.59. The Hall–Kier alpha value is -3.55. The number of rotatable bonds is 13. The van der Waals surface area contributed by atoms with Crippen molar-refractivity contribution in [2.45, 2.75) is 38.0 Å². The van der Waals surface area contributed by atoms with Gasteiger partial charge in [-0.05, 0) is 66.8 Å². The van der Waals surface area contributed by atoms with Crippen molar-refractivity contribution in [3.05, 3.63) is 106 Å². The molecule has 0 radical (unpaired) electrons. The lowest BCUT2D eigenvalue weighted by Crippen LogP contribution is -2.23. The van der Waals surface area contributed by atoms with Gasteiger partial charge in [-0.25, -0.2) is 4.98 Å². The topological polar surface area (TPSA) is 79.7 Å². The van der Waals surface area contributed by atoms with E-state index in [-0.39, 0.29) is 11.2 Å². The molecule has 8 heteroatoms. The zero-order valence-corrected chi connectivity index (χ0v) is 25.1. The molecule has 41 heavy (non-hydrogen) atoms. The summed E-state index contributed by atoms with van der Waals surface area (Å²) in [6.07, 6.45) is 2.00. The van der Waals surface area contributed by atoms with Crippen molar-refractivity contribution in [3.63, 3.8) is 0 Å². The first-order valence-electron chi connectivity index (χ1n) is 13.7. The number of fused-ring (bicyclic) bond motifs is 1. The first kappa shape index (κ1) is 30.4. The first-order chi connectivity index (χ1) is 19.7. The highest BCUT2D eigenvalue weighted by Crippen LogP contribution is 2.37. The van der Waals surface area contributed by atoms with Crippen molar-refractivity contribution in [1.29, 1.82) is 0 Å². The third kappa shape index (κ3) is 8.24. The molecule has 0 aliphatic carbocycles. The average Bonchev–Trinajstić information content (AvgIpc) is 2.97. The maximum Gasteiger partial charge on any atom is 0.307 e. The number of aryl methyl sites for hydroxylation is 1. The monoisotopic (exact) mass is 590 g/mol. The van der Waals surface area contributed by atoms with Crippen LogP contribution < -0.4 is 4.74 Å². The van der Waals surface area contributed by atoms with Crippen LogP contribution in [0.2, 0.25) is 5.02 Å². The van der Waals surface area contributed by atoms with Gasteiger partial charge in [0.05, 0.1) is 17.1 Å². The maximum absolute atomic E-state index is 12.8. The summed E-state index contributed by atoms with van der Waals surface area (Å²) >= 11 is 7.79. The van der Waals surface area contributed by atoms with Crippen LogP contribution in [-0.2, 0) is 17.8 Å². The number of carbonyl (C=O) groups is 2. The van der Waals surface area contributed by atoms with Gasteiger partial charge in [0.2, 0.25) is 0 Å². The highest BCUT2D eigenvalue weighted by molar-refractivity contribution is 7.99. The van der Waals surface area contributed by atoms with Crippen molar-refractivity contribution >= 4 is 46.1 Å². The van der Waals surface area contributed by atoms with Gasteiger partial charge in [0.1, 0.15) is 12.4 Å². The van der Waals surface area contributed by atoms with E-state index in [1.165, 1.54) is 0 Å². The van der Waals surface area contributed by atoms with E-state index < -0.39 is 11.9 Å². The molecule has 1 amide bonds. The predicted molar refractivity (Wildman–Crippen MR) is 167 cm³/mol. The lowest BCUT2D eigenvalue weighted by Gasteiger charge is -2.21. The summed E-state index contributed by atoms with van der Waals surface area (Å²) in [6, 6.07) is 25.2. The van der Waals surface area contributed by atoms with E-state index >= 15 is 0 Å². The zero-order chi connectivity index (χ0) is 29.4. The van der Waals surface area contributed by atoms with Gasteiger partial charge < -0.3 is 14.7 Å². The number of carboxylic acids is 1. The number of amides is 1. The average molecular weight is 591 g/mol. The second-order valence-electron chi connectivity index (χ2n) is 10.2. The van der Waals surface area contributed by atoms with E-state index in [9.17, 15) is 14.7 Å². The summed E-state index contributed by atoms with van der Waals surface area (Å²) < 4.78 is 6.14. The number of benzene rings is 3. The van der Waals surface area contributed by atoms with Crippen molar-refractivity contribution < 1.29 is 19.4 Å². The quantitative estimate of drug-likeness (QED) is 0.172. The predicted octanol–water partition coefficient (Wildman–Crippen LogP) is 7.69. The van der Waals surface area contributed by atoms with Crippen molar-refractivity contribution in [2.24, 2.45) is 5.92 Å². The molecule has 1 heterocycles. The van der Waals surface area contributed by atoms with Crippen molar-refractivity contribution in [2.75, 3.05) is 19.8 Å². The van der Waals surface area contributed by atoms with Gasteiger partial charge >= 0.3 is 5.97 Å². The molecule has 0 aliphatic rings. The van der Waals surface area contributed by atoms with Gasteiger partial charge in [-0.2, -0.15) is 11.8 Å². The Labute approximate surface area is 250 Å². The standard InChI is InChI=1S/C33H35ClN2O4S/c1-4-22(33(38)39)21-41-31(17-14-23-8-5-6-11-29(23)32(37)36(2)3)25-9-7-10-28(18-25)40-20-27-16-13-24-12-15-26(34)19-30(24)35-27/h5-13,15-16,18-19,22,31H,4,14,17,20-21H2,1-3H3,(H,38,39). The summed E-state index contributed by atoms with van der Waals surface area (Å²) in [6.45, 7) is 2.21. The number of aliphatic carboxylic acids is 1. The third-order valence-electron chi connectivity index (χ3n) is 7.00. The zero-order valence-electron chi connectivity index (χ0n) is 23.5. The Morgan fingerprint density at radius 3 is 2.56 bits per heavy atom. The highest BCUT2D eigenvalue weighted by Gasteiger charge is 2.21. The van der Waals surface area contributed by atoms with Crippen LogP contribution in [0, 0.1) is 5.92 Å². The van der Waals surface area contributed by atoms with Crippen molar-refractivity contribution in [1.82, 2.24) is 9.88 Å². The Bertz CT molecular complexity index is 1510. The van der Waals surface area contributed by atoms with Gasteiger partial charge in [-0.15, -0.1) is 0 Å². The minimum atomic E-state index is -0.776. The summed E-state index contributed by atoms with van der Waals surface area (Å²) in [5.41, 5.74) is 4.35. The largest absolute Gasteiger partial charge is 0.487 e. The van der Waals surface area contributed by atoms with Gasteiger partial charge in [0.15, 0.2) is 0 Å². The maximum atomic E-state index is 12.8. The van der Waals surface area contributed by atoms with Crippen LogP contribution in [0.1, 0.15) is 52.2 Å². The van der Waals surface area contributed by atoms with E-state index in [2.05, 4.69) is 11.1 Å². The van der Waals surface area contributed by atoms with E-state index in [1.54, 1.807) is 30.8 Å². The van der Waals surface area contributed by atoms with Gasteiger partial charge in [0.25, 0.3) is 5.91 Å². The molecular weight excluding hydrogens is 556 g/mol. The molecule has 1 N–H and O–H groups in total. The SMILES string of the molecule is CCC(CSC(CCc1ccccc1C(=O)N(C)C)c1cccc(OCc2ccc3ccc(Cl)cc3n2)c1)C(=O)O. The second kappa shape index (κ2) is 14.4.